The van der Waals surface area contributed by atoms with E-state index in [0.717, 1.165) is 6.42 Å². The predicted molar refractivity (Wildman–Crippen MR) is 145 cm³/mol. The van der Waals surface area contributed by atoms with Gasteiger partial charge in [0.05, 0.1) is 50.1 Å². The number of aliphatic hydroxyl groups excluding tert-OH is 1. The summed E-state index contributed by atoms with van der Waals surface area (Å²) in [6, 6.07) is 15.9. The van der Waals surface area contributed by atoms with Gasteiger partial charge < -0.3 is 24.1 Å². The minimum atomic E-state index is -0.951. The van der Waals surface area contributed by atoms with Gasteiger partial charge in [-0.1, -0.05) is 36.7 Å². The summed E-state index contributed by atoms with van der Waals surface area (Å²) in [5.74, 6) is -0.362. The van der Waals surface area contributed by atoms with Crippen LogP contribution in [0.5, 0.6) is 23.0 Å². The van der Waals surface area contributed by atoms with E-state index in [9.17, 15) is 14.7 Å². The van der Waals surface area contributed by atoms with E-state index in [1.807, 2.05) is 6.92 Å². The minimum Gasteiger partial charge on any atom is -0.507 e. The maximum absolute atomic E-state index is 13.5. The molecule has 1 fully saturated rings. The van der Waals surface area contributed by atoms with Crippen molar-refractivity contribution in [1.29, 1.82) is 0 Å². The van der Waals surface area contributed by atoms with Crippen LogP contribution in [0.3, 0.4) is 0 Å². The number of carbonyl (C=O) groups is 2. The molecule has 0 aromatic heterocycles. The predicted octanol–water partition coefficient (Wildman–Crippen LogP) is 5.78. The first-order valence-corrected chi connectivity index (χ1v) is 12.3. The van der Waals surface area contributed by atoms with E-state index >= 15 is 0 Å². The van der Waals surface area contributed by atoms with E-state index in [2.05, 4.69) is 0 Å². The van der Waals surface area contributed by atoms with Gasteiger partial charge in [0, 0.05) is 17.8 Å². The van der Waals surface area contributed by atoms with Gasteiger partial charge in [0.1, 0.15) is 28.8 Å². The number of ether oxygens (including phenoxy) is 4. The standard InChI is InChI=1S/C29H28ClNO7/c1-5-13-38-19-11-9-17(10-12-19)26-25(27(32)21-15-22(30)24(37-4)16-23(21)36-3)28(33)29(34)31(26)18-7-6-8-20(14-18)35-2/h6-12,14-16,26,32H,5,13H2,1-4H3/b27-25+. The molecule has 9 heteroatoms. The number of carbonyl (C=O) groups excluding carboxylic acids is 2. The van der Waals surface area contributed by atoms with Gasteiger partial charge >= 0.3 is 0 Å². The average Bonchev–Trinajstić information content (AvgIpc) is 3.21. The first-order chi connectivity index (χ1) is 18.3. The van der Waals surface area contributed by atoms with Crippen LogP contribution in [0, 0.1) is 0 Å². The van der Waals surface area contributed by atoms with Crippen LogP contribution in [0.15, 0.2) is 66.2 Å². The Kier molecular flexibility index (Phi) is 8.12. The molecule has 1 atom stereocenters. The van der Waals surface area contributed by atoms with Crippen molar-refractivity contribution in [3.8, 4) is 23.0 Å². The summed E-state index contributed by atoms with van der Waals surface area (Å²) in [5.41, 5.74) is 1.06. The lowest BCUT2D eigenvalue weighted by Gasteiger charge is -2.26. The molecule has 1 heterocycles. The molecule has 1 unspecified atom stereocenters. The number of benzene rings is 3. The van der Waals surface area contributed by atoms with E-state index < -0.39 is 23.5 Å². The lowest BCUT2D eigenvalue weighted by molar-refractivity contribution is -0.132. The van der Waals surface area contributed by atoms with Crippen LogP contribution in [0.4, 0.5) is 5.69 Å². The highest BCUT2D eigenvalue weighted by molar-refractivity contribution is 6.51. The molecule has 3 aromatic carbocycles. The Hall–Kier alpha value is -4.17. The fourth-order valence-corrected chi connectivity index (χ4v) is 4.57. The summed E-state index contributed by atoms with van der Waals surface area (Å²) in [4.78, 5) is 28.3. The Labute approximate surface area is 225 Å². The molecule has 1 aliphatic heterocycles. The van der Waals surface area contributed by atoms with E-state index in [0.29, 0.717) is 35.1 Å². The second-order valence-corrected chi connectivity index (χ2v) is 8.88. The van der Waals surface area contributed by atoms with Crippen molar-refractivity contribution in [3.05, 3.63) is 82.4 Å². The van der Waals surface area contributed by atoms with Gasteiger partial charge in [-0.05, 0) is 42.3 Å². The summed E-state index contributed by atoms with van der Waals surface area (Å²) in [6.45, 7) is 2.56. The van der Waals surface area contributed by atoms with E-state index in [-0.39, 0.29) is 21.9 Å². The molecule has 0 aliphatic carbocycles. The fourth-order valence-electron chi connectivity index (χ4n) is 4.33. The van der Waals surface area contributed by atoms with Crippen molar-refractivity contribution >= 4 is 34.7 Å². The molecule has 198 valence electrons. The molecule has 4 rings (SSSR count). The Morgan fingerprint density at radius 2 is 1.63 bits per heavy atom. The van der Waals surface area contributed by atoms with Gasteiger partial charge in [-0.2, -0.15) is 0 Å². The highest BCUT2D eigenvalue weighted by Crippen LogP contribution is 2.45. The molecule has 3 aromatic rings. The number of halogens is 1. The van der Waals surface area contributed by atoms with Crippen molar-refractivity contribution in [2.45, 2.75) is 19.4 Å². The molecule has 0 bridgehead atoms. The number of hydrogen-bond donors (Lipinski definition) is 1. The molecule has 1 saturated heterocycles. The van der Waals surface area contributed by atoms with Crippen molar-refractivity contribution in [3.63, 3.8) is 0 Å². The van der Waals surface area contributed by atoms with E-state index in [4.69, 9.17) is 30.5 Å². The molecule has 1 amide bonds. The van der Waals surface area contributed by atoms with Gasteiger partial charge in [-0.15, -0.1) is 0 Å². The summed E-state index contributed by atoms with van der Waals surface area (Å²) < 4.78 is 21.7. The van der Waals surface area contributed by atoms with Crippen molar-refractivity contribution in [1.82, 2.24) is 0 Å². The van der Waals surface area contributed by atoms with E-state index in [1.54, 1.807) is 48.5 Å². The third kappa shape index (κ3) is 4.99. The average molecular weight is 538 g/mol. The maximum Gasteiger partial charge on any atom is 0.300 e. The molecule has 38 heavy (non-hydrogen) atoms. The van der Waals surface area contributed by atoms with Crippen LogP contribution in [-0.4, -0.2) is 44.7 Å². The molecule has 8 nitrogen and oxygen atoms in total. The van der Waals surface area contributed by atoms with Gasteiger partial charge in [0.25, 0.3) is 11.7 Å². The third-order valence-electron chi connectivity index (χ3n) is 6.17. The molecule has 1 aliphatic rings. The van der Waals surface area contributed by atoms with Crippen LogP contribution in [0.1, 0.15) is 30.5 Å². The summed E-state index contributed by atoms with van der Waals surface area (Å²) in [6.07, 6.45) is 0.851. The summed E-state index contributed by atoms with van der Waals surface area (Å²) in [7, 11) is 4.38. The highest BCUT2D eigenvalue weighted by Gasteiger charge is 2.47. The van der Waals surface area contributed by atoms with Crippen LogP contribution in [0.25, 0.3) is 5.76 Å². The second-order valence-electron chi connectivity index (χ2n) is 8.48. The zero-order valence-electron chi connectivity index (χ0n) is 21.5. The van der Waals surface area contributed by atoms with Crippen molar-refractivity contribution < 1.29 is 33.6 Å². The molecular weight excluding hydrogens is 510 g/mol. The van der Waals surface area contributed by atoms with E-state index in [1.165, 1.54) is 38.4 Å². The van der Waals surface area contributed by atoms with Crippen molar-refractivity contribution in [2.75, 3.05) is 32.8 Å². The molecule has 0 radical (unpaired) electrons. The minimum absolute atomic E-state index is 0.112. The molecule has 1 N–H and O–H groups in total. The Bertz CT molecular complexity index is 1380. The molecule has 0 spiro atoms. The number of amides is 1. The maximum atomic E-state index is 13.5. The van der Waals surface area contributed by atoms with Crippen LogP contribution >= 0.6 is 11.6 Å². The number of aliphatic hydroxyl groups is 1. The van der Waals surface area contributed by atoms with Gasteiger partial charge in [0.15, 0.2) is 0 Å². The Morgan fingerprint density at radius 1 is 0.921 bits per heavy atom. The molecule has 0 saturated carbocycles. The Balaban J connectivity index is 1.93. The number of rotatable bonds is 9. The van der Waals surface area contributed by atoms with Crippen LogP contribution in [-0.2, 0) is 9.59 Å². The summed E-state index contributed by atoms with van der Waals surface area (Å²) >= 11 is 6.34. The lowest BCUT2D eigenvalue weighted by atomic mass is 9.94. The number of anilines is 1. The zero-order chi connectivity index (χ0) is 27.4. The fraction of sp³-hybridized carbons (Fsp3) is 0.241. The normalized spacial score (nSPS) is 16.4. The SMILES string of the molecule is CCCOc1ccc(C2/C(=C(\O)c3cc(Cl)c(OC)cc3OC)C(=O)C(=O)N2c2cccc(OC)c2)cc1. The van der Waals surface area contributed by atoms with Crippen LogP contribution in [0.2, 0.25) is 5.02 Å². The van der Waals surface area contributed by atoms with Crippen LogP contribution < -0.4 is 23.8 Å². The van der Waals surface area contributed by atoms with Crippen molar-refractivity contribution in [2.24, 2.45) is 0 Å². The largest absolute Gasteiger partial charge is 0.507 e. The monoisotopic (exact) mass is 537 g/mol. The summed E-state index contributed by atoms with van der Waals surface area (Å²) in [5, 5.41) is 11.7. The quantitative estimate of drug-likeness (QED) is 0.210. The Morgan fingerprint density at radius 3 is 2.26 bits per heavy atom. The number of ketones is 1. The number of hydrogen-bond acceptors (Lipinski definition) is 7. The zero-order valence-corrected chi connectivity index (χ0v) is 22.2. The van der Waals surface area contributed by atoms with Gasteiger partial charge in [-0.3, -0.25) is 14.5 Å². The molecular formula is C29H28ClNO7. The first-order valence-electron chi connectivity index (χ1n) is 11.9. The number of Topliss-reactive ketones (excluding diaryl/α,β-unsaturated/α-hetero) is 1. The van der Waals surface area contributed by atoms with Gasteiger partial charge in [-0.25, -0.2) is 0 Å². The topological polar surface area (TPSA) is 94.5 Å². The van der Waals surface area contributed by atoms with Gasteiger partial charge in [0.2, 0.25) is 0 Å². The lowest BCUT2D eigenvalue weighted by Crippen LogP contribution is -2.29. The second kappa shape index (κ2) is 11.5. The first kappa shape index (κ1) is 26.9. The highest BCUT2D eigenvalue weighted by atomic mass is 35.5. The smallest absolute Gasteiger partial charge is 0.300 e. The number of methoxy groups -OCH3 is 3. The third-order valence-corrected chi connectivity index (χ3v) is 6.47. The number of nitrogens with zero attached hydrogens (tertiary/aromatic N) is 1.